The number of nitrogens with zero attached hydrogens (tertiary/aromatic N) is 1. The number of amides is 2. The number of halogens is 1. The maximum absolute atomic E-state index is 12.9. The van der Waals surface area contributed by atoms with Gasteiger partial charge in [-0.1, -0.05) is 12.1 Å². The molecule has 2 aromatic rings. The SMILES string of the molecule is Cc1cccc(OCC(=O)N2CC[NH+](CC(=O)Nc3ccc(F)cc3)CC2)c1C. The number of benzene rings is 2. The van der Waals surface area contributed by atoms with Crippen molar-refractivity contribution in [3.05, 3.63) is 59.4 Å². The third-order valence-corrected chi connectivity index (χ3v) is 5.27. The summed E-state index contributed by atoms with van der Waals surface area (Å²) in [4.78, 5) is 27.5. The Bertz CT molecular complexity index is 862. The van der Waals surface area contributed by atoms with Crippen molar-refractivity contribution in [2.24, 2.45) is 0 Å². The van der Waals surface area contributed by atoms with Crippen molar-refractivity contribution in [1.29, 1.82) is 0 Å². The molecule has 0 saturated carbocycles. The Hall–Kier alpha value is -2.93. The first-order chi connectivity index (χ1) is 13.9. The van der Waals surface area contributed by atoms with Gasteiger partial charge in [-0.3, -0.25) is 9.59 Å². The summed E-state index contributed by atoms with van der Waals surface area (Å²) in [5, 5.41) is 2.77. The van der Waals surface area contributed by atoms with Crippen LogP contribution in [0.3, 0.4) is 0 Å². The van der Waals surface area contributed by atoms with Gasteiger partial charge >= 0.3 is 0 Å². The van der Waals surface area contributed by atoms with Crippen LogP contribution < -0.4 is 15.0 Å². The van der Waals surface area contributed by atoms with E-state index >= 15 is 0 Å². The van der Waals surface area contributed by atoms with E-state index in [2.05, 4.69) is 5.32 Å². The number of hydrogen-bond donors (Lipinski definition) is 2. The monoisotopic (exact) mass is 400 g/mol. The molecule has 0 bridgehead atoms. The third-order valence-electron chi connectivity index (χ3n) is 5.27. The van der Waals surface area contributed by atoms with E-state index in [9.17, 15) is 14.0 Å². The second-order valence-electron chi connectivity index (χ2n) is 7.35. The van der Waals surface area contributed by atoms with Crippen LogP contribution in [0, 0.1) is 19.7 Å². The Morgan fingerprint density at radius 3 is 2.48 bits per heavy atom. The zero-order valence-corrected chi connectivity index (χ0v) is 16.8. The molecule has 2 aromatic carbocycles. The smallest absolute Gasteiger partial charge is 0.279 e. The van der Waals surface area contributed by atoms with Gasteiger partial charge in [-0.25, -0.2) is 4.39 Å². The van der Waals surface area contributed by atoms with E-state index in [0.29, 0.717) is 38.4 Å². The Morgan fingerprint density at radius 1 is 1.10 bits per heavy atom. The molecule has 2 amide bonds. The quantitative estimate of drug-likeness (QED) is 0.766. The summed E-state index contributed by atoms with van der Waals surface area (Å²) in [5.74, 6) is 0.237. The number of anilines is 1. The molecule has 0 spiro atoms. The van der Waals surface area contributed by atoms with E-state index < -0.39 is 0 Å². The van der Waals surface area contributed by atoms with E-state index in [1.165, 1.54) is 24.3 Å². The number of piperazine rings is 1. The number of carbonyl (C=O) groups is 2. The van der Waals surface area contributed by atoms with Crippen molar-refractivity contribution in [2.45, 2.75) is 13.8 Å². The second-order valence-corrected chi connectivity index (χ2v) is 7.35. The lowest BCUT2D eigenvalue weighted by Crippen LogP contribution is -3.15. The van der Waals surface area contributed by atoms with Gasteiger partial charge < -0.3 is 19.9 Å². The molecule has 0 aromatic heterocycles. The van der Waals surface area contributed by atoms with E-state index in [1.807, 2.05) is 32.0 Å². The van der Waals surface area contributed by atoms with Gasteiger partial charge in [-0.05, 0) is 55.3 Å². The highest BCUT2D eigenvalue weighted by atomic mass is 19.1. The first-order valence-corrected chi connectivity index (χ1v) is 9.78. The van der Waals surface area contributed by atoms with Crippen LogP contribution in [-0.2, 0) is 9.59 Å². The summed E-state index contributed by atoms with van der Waals surface area (Å²) in [5.41, 5.74) is 2.75. The zero-order chi connectivity index (χ0) is 20.8. The number of carbonyl (C=O) groups excluding carboxylic acids is 2. The Kier molecular flexibility index (Phi) is 6.82. The van der Waals surface area contributed by atoms with Crippen molar-refractivity contribution in [3.63, 3.8) is 0 Å². The topological polar surface area (TPSA) is 63.1 Å². The lowest BCUT2D eigenvalue weighted by atomic mass is 10.1. The van der Waals surface area contributed by atoms with Gasteiger partial charge in [0.15, 0.2) is 13.2 Å². The summed E-state index contributed by atoms with van der Waals surface area (Å²) in [7, 11) is 0. The van der Waals surface area contributed by atoms with Crippen LogP contribution in [0.5, 0.6) is 5.75 Å². The molecule has 29 heavy (non-hydrogen) atoms. The molecule has 1 aliphatic heterocycles. The maximum Gasteiger partial charge on any atom is 0.279 e. The summed E-state index contributed by atoms with van der Waals surface area (Å²) >= 11 is 0. The van der Waals surface area contributed by atoms with E-state index in [0.717, 1.165) is 21.8 Å². The molecule has 3 rings (SSSR count). The van der Waals surface area contributed by atoms with Crippen LogP contribution in [0.15, 0.2) is 42.5 Å². The van der Waals surface area contributed by atoms with Crippen molar-refractivity contribution >= 4 is 17.5 Å². The van der Waals surface area contributed by atoms with Crippen LogP contribution in [0.1, 0.15) is 11.1 Å². The Balaban J connectivity index is 1.41. The third kappa shape index (κ3) is 5.77. The van der Waals surface area contributed by atoms with E-state index in [-0.39, 0.29) is 24.2 Å². The number of ether oxygens (including phenoxy) is 1. The Labute approximate surface area is 170 Å². The van der Waals surface area contributed by atoms with E-state index in [1.54, 1.807) is 4.90 Å². The van der Waals surface area contributed by atoms with Crippen molar-refractivity contribution in [2.75, 3.05) is 44.6 Å². The number of hydrogen-bond acceptors (Lipinski definition) is 3. The maximum atomic E-state index is 12.9. The van der Waals surface area contributed by atoms with Gasteiger partial charge in [0.1, 0.15) is 11.6 Å². The summed E-state index contributed by atoms with van der Waals surface area (Å²) in [6, 6.07) is 11.5. The average molecular weight is 400 g/mol. The van der Waals surface area contributed by atoms with Crippen LogP contribution in [0.4, 0.5) is 10.1 Å². The minimum absolute atomic E-state index is 0.0185. The fraction of sp³-hybridized carbons (Fsp3) is 0.364. The van der Waals surface area contributed by atoms with Crippen LogP contribution >= 0.6 is 0 Å². The minimum atomic E-state index is -0.337. The number of quaternary nitrogens is 1. The summed E-state index contributed by atoms with van der Waals surface area (Å²) in [6.45, 7) is 6.91. The molecule has 2 N–H and O–H groups in total. The van der Waals surface area contributed by atoms with Gasteiger partial charge in [0, 0.05) is 5.69 Å². The highest BCUT2D eigenvalue weighted by Gasteiger charge is 2.25. The minimum Gasteiger partial charge on any atom is -0.483 e. The predicted octanol–water partition coefficient (Wildman–Crippen LogP) is 1.19. The first kappa shape index (κ1) is 20.8. The molecule has 1 aliphatic rings. The zero-order valence-electron chi connectivity index (χ0n) is 16.8. The lowest BCUT2D eigenvalue weighted by Gasteiger charge is -2.31. The molecule has 1 saturated heterocycles. The molecular formula is C22H27FN3O3+. The number of aryl methyl sites for hydroxylation is 1. The van der Waals surface area contributed by atoms with Crippen molar-refractivity contribution < 1.29 is 23.6 Å². The fourth-order valence-corrected chi connectivity index (χ4v) is 3.33. The average Bonchev–Trinajstić information content (AvgIpc) is 2.71. The fourth-order valence-electron chi connectivity index (χ4n) is 3.33. The van der Waals surface area contributed by atoms with Crippen LogP contribution in [0.25, 0.3) is 0 Å². The van der Waals surface area contributed by atoms with Crippen LogP contribution in [-0.4, -0.2) is 56.0 Å². The molecule has 0 unspecified atom stereocenters. The normalized spacial score (nSPS) is 14.5. The number of rotatable bonds is 6. The second kappa shape index (κ2) is 9.52. The highest BCUT2D eigenvalue weighted by molar-refractivity contribution is 5.91. The van der Waals surface area contributed by atoms with Gasteiger partial charge in [0.25, 0.3) is 11.8 Å². The highest BCUT2D eigenvalue weighted by Crippen LogP contribution is 2.20. The summed E-state index contributed by atoms with van der Waals surface area (Å²) in [6.07, 6.45) is 0. The van der Waals surface area contributed by atoms with Gasteiger partial charge in [0.05, 0.1) is 26.2 Å². The van der Waals surface area contributed by atoms with Crippen LogP contribution in [0.2, 0.25) is 0 Å². The molecular weight excluding hydrogens is 373 g/mol. The molecule has 7 heteroatoms. The largest absolute Gasteiger partial charge is 0.483 e. The molecule has 1 heterocycles. The predicted molar refractivity (Wildman–Crippen MR) is 109 cm³/mol. The molecule has 1 fully saturated rings. The van der Waals surface area contributed by atoms with E-state index in [4.69, 9.17) is 4.74 Å². The number of nitrogens with one attached hydrogen (secondary N) is 2. The molecule has 0 radical (unpaired) electrons. The van der Waals surface area contributed by atoms with Gasteiger partial charge in [-0.15, -0.1) is 0 Å². The van der Waals surface area contributed by atoms with Gasteiger partial charge in [0.2, 0.25) is 0 Å². The lowest BCUT2D eigenvalue weighted by molar-refractivity contribution is -0.895. The molecule has 6 nitrogen and oxygen atoms in total. The Morgan fingerprint density at radius 2 is 1.79 bits per heavy atom. The van der Waals surface area contributed by atoms with Gasteiger partial charge in [-0.2, -0.15) is 0 Å². The summed E-state index contributed by atoms with van der Waals surface area (Å²) < 4.78 is 18.6. The molecule has 0 atom stereocenters. The molecule has 0 aliphatic carbocycles. The molecule has 154 valence electrons. The standard InChI is InChI=1S/C22H26FN3O3/c1-16-4-3-5-20(17(16)2)29-15-22(28)26-12-10-25(11-13-26)14-21(27)24-19-8-6-18(23)7-9-19/h3-9H,10-15H2,1-2H3,(H,24,27)/p+1. The van der Waals surface area contributed by atoms with Crippen molar-refractivity contribution in [1.82, 2.24) is 4.90 Å². The van der Waals surface area contributed by atoms with Crippen molar-refractivity contribution in [3.8, 4) is 5.75 Å². The first-order valence-electron chi connectivity index (χ1n) is 9.78.